The van der Waals surface area contributed by atoms with Crippen LogP contribution in [0.25, 0.3) is 0 Å². The number of halogens is 1. The molecular formula is C18H23FN2O2. The lowest BCUT2D eigenvalue weighted by Gasteiger charge is -2.21. The largest absolute Gasteiger partial charge is 0.352 e. The average molecular weight is 318 g/mol. The minimum atomic E-state index is -0.960. The van der Waals surface area contributed by atoms with Crippen LogP contribution >= 0.6 is 0 Å². The van der Waals surface area contributed by atoms with E-state index < -0.39 is 11.2 Å². The fourth-order valence-electron chi connectivity index (χ4n) is 3.25. The highest BCUT2D eigenvalue weighted by Crippen LogP contribution is 2.47. The molecule has 3 rings (SSSR count). The summed E-state index contributed by atoms with van der Waals surface area (Å²) in [6, 6.07) is 5.93. The van der Waals surface area contributed by atoms with Gasteiger partial charge in [-0.15, -0.1) is 0 Å². The number of hydrogen-bond donors (Lipinski definition) is 2. The van der Waals surface area contributed by atoms with Crippen LogP contribution in [0.15, 0.2) is 24.3 Å². The minimum absolute atomic E-state index is 0.168. The van der Waals surface area contributed by atoms with Crippen LogP contribution in [0.1, 0.15) is 51.4 Å². The van der Waals surface area contributed by atoms with Crippen LogP contribution in [-0.2, 0) is 9.59 Å². The molecule has 0 unspecified atom stereocenters. The molecule has 0 aromatic heterocycles. The number of hydrogen-bond acceptors (Lipinski definition) is 2. The second-order valence-electron chi connectivity index (χ2n) is 6.71. The van der Waals surface area contributed by atoms with E-state index in [1.54, 1.807) is 6.07 Å². The fraction of sp³-hybridized carbons (Fsp3) is 0.556. The van der Waals surface area contributed by atoms with Gasteiger partial charge in [-0.2, -0.15) is 0 Å². The molecule has 4 nitrogen and oxygen atoms in total. The zero-order chi connectivity index (χ0) is 16.3. The zero-order valence-electron chi connectivity index (χ0n) is 13.2. The highest BCUT2D eigenvalue weighted by Gasteiger charge is 2.56. The number of amides is 2. The third kappa shape index (κ3) is 3.71. The smallest absolute Gasteiger partial charge is 0.240 e. The first kappa shape index (κ1) is 16.0. The second kappa shape index (κ2) is 6.69. The molecule has 2 amide bonds. The van der Waals surface area contributed by atoms with Crippen LogP contribution in [-0.4, -0.2) is 17.9 Å². The van der Waals surface area contributed by atoms with Crippen molar-refractivity contribution in [3.8, 4) is 0 Å². The Morgan fingerprint density at radius 1 is 1.04 bits per heavy atom. The summed E-state index contributed by atoms with van der Waals surface area (Å²) in [4.78, 5) is 25.0. The molecule has 0 spiro atoms. The van der Waals surface area contributed by atoms with Crippen LogP contribution in [0, 0.1) is 11.2 Å². The molecule has 0 radical (unpaired) electrons. The Hall–Kier alpha value is -1.91. The maximum Gasteiger partial charge on any atom is 0.240 e. The van der Waals surface area contributed by atoms with E-state index in [0.29, 0.717) is 18.5 Å². The number of benzene rings is 1. The van der Waals surface area contributed by atoms with Gasteiger partial charge in [-0.3, -0.25) is 9.59 Å². The van der Waals surface area contributed by atoms with E-state index in [4.69, 9.17) is 0 Å². The van der Waals surface area contributed by atoms with Gasteiger partial charge in [0.15, 0.2) is 0 Å². The predicted molar refractivity (Wildman–Crippen MR) is 86.3 cm³/mol. The number of carbonyl (C=O) groups is 2. The van der Waals surface area contributed by atoms with E-state index >= 15 is 0 Å². The summed E-state index contributed by atoms with van der Waals surface area (Å²) in [5, 5.41) is 5.74. The van der Waals surface area contributed by atoms with Gasteiger partial charge in [0, 0.05) is 11.7 Å². The molecule has 5 heteroatoms. The molecule has 124 valence electrons. The second-order valence-corrected chi connectivity index (χ2v) is 6.71. The highest BCUT2D eigenvalue weighted by atomic mass is 19.1. The molecule has 0 heterocycles. The molecule has 1 aromatic carbocycles. The minimum Gasteiger partial charge on any atom is -0.352 e. The van der Waals surface area contributed by atoms with Gasteiger partial charge < -0.3 is 10.6 Å². The van der Waals surface area contributed by atoms with Crippen LogP contribution in [0.5, 0.6) is 0 Å². The lowest BCUT2D eigenvalue weighted by Crippen LogP contribution is -2.44. The van der Waals surface area contributed by atoms with E-state index in [1.165, 1.54) is 31.0 Å². The molecule has 2 saturated carbocycles. The Morgan fingerprint density at radius 3 is 2.35 bits per heavy atom. The van der Waals surface area contributed by atoms with E-state index in [2.05, 4.69) is 10.6 Å². The van der Waals surface area contributed by atoms with Crippen molar-refractivity contribution in [2.24, 2.45) is 5.41 Å². The van der Waals surface area contributed by atoms with Gasteiger partial charge >= 0.3 is 0 Å². The Morgan fingerprint density at radius 2 is 1.74 bits per heavy atom. The van der Waals surface area contributed by atoms with E-state index in [-0.39, 0.29) is 17.9 Å². The van der Waals surface area contributed by atoms with Crippen molar-refractivity contribution in [2.45, 2.75) is 57.4 Å². The molecule has 2 aliphatic carbocycles. The molecule has 0 saturated heterocycles. The molecule has 2 N–H and O–H groups in total. The first-order valence-corrected chi connectivity index (χ1v) is 8.48. The lowest BCUT2D eigenvalue weighted by molar-refractivity contribution is -0.134. The molecule has 0 atom stereocenters. The summed E-state index contributed by atoms with van der Waals surface area (Å²) < 4.78 is 13.2. The monoisotopic (exact) mass is 318 g/mol. The van der Waals surface area contributed by atoms with Crippen molar-refractivity contribution in [3.05, 3.63) is 30.1 Å². The molecule has 0 aliphatic heterocycles. The lowest BCUT2D eigenvalue weighted by atomic mass is 10.0. The topological polar surface area (TPSA) is 58.2 Å². The summed E-state index contributed by atoms with van der Waals surface area (Å²) in [6.07, 6.45) is 7.82. The van der Waals surface area contributed by atoms with Gasteiger partial charge in [0.05, 0.1) is 0 Å². The first-order valence-electron chi connectivity index (χ1n) is 8.48. The Kier molecular flexibility index (Phi) is 4.64. The van der Waals surface area contributed by atoms with Crippen molar-refractivity contribution in [3.63, 3.8) is 0 Å². The fourth-order valence-corrected chi connectivity index (χ4v) is 3.25. The van der Waals surface area contributed by atoms with Crippen molar-refractivity contribution < 1.29 is 14.0 Å². The number of rotatable bonds is 4. The van der Waals surface area contributed by atoms with Crippen LogP contribution in [0.3, 0.4) is 0 Å². The summed E-state index contributed by atoms with van der Waals surface area (Å²) in [7, 11) is 0. The third-order valence-electron chi connectivity index (χ3n) is 4.89. The van der Waals surface area contributed by atoms with Gasteiger partial charge in [-0.25, -0.2) is 4.39 Å². The van der Waals surface area contributed by atoms with Crippen molar-refractivity contribution in [1.29, 1.82) is 0 Å². The summed E-state index contributed by atoms with van der Waals surface area (Å²) in [5.41, 5.74) is -0.568. The maximum absolute atomic E-state index is 13.2. The zero-order valence-corrected chi connectivity index (χ0v) is 13.2. The first-order chi connectivity index (χ1) is 11.1. The predicted octanol–water partition coefficient (Wildman–Crippen LogP) is 3.38. The number of nitrogens with one attached hydrogen (secondary N) is 2. The third-order valence-corrected chi connectivity index (χ3v) is 4.89. The molecule has 1 aromatic rings. The van der Waals surface area contributed by atoms with Gasteiger partial charge in [0.2, 0.25) is 11.8 Å². The molecule has 23 heavy (non-hydrogen) atoms. The van der Waals surface area contributed by atoms with Gasteiger partial charge in [0.25, 0.3) is 0 Å². The normalized spacial score (nSPS) is 20.4. The molecule has 2 fully saturated rings. The average Bonchev–Trinajstić information content (AvgIpc) is 3.33. The van der Waals surface area contributed by atoms with Crippen molar-refractivity contribution in [1.82, 2.24) is 5.32 Å². The Balaban J connectivity index is 1.61. The SMILES string of the molecule is O=C(Nc1cccc(F)c1)C1(C(=O)NC2CCCCCC2)CC1. The summed E-state index contributed by atoms with van der Waals surface area (Å²) in [6.45, 7) is 0. The van der Waals surface area contributed by atoms with Gasteiger partial charge in [0.1, 0.15) is 11.2 Å². The Bertz CT molecular complexity index is 590. The van der Waals surface area contributed by atoms with Gasteiger partial charge in [-0.05, 0) is 43.9 Å². The molecule has 2 aliphatic rings. The van der Waals surface area contributed by atoms with Gasteiger partial charge in [-0.1, -0.05) is 31.7 Å². The maximum atomic E-state index is 13.2. The summed E-state index contributed by atoms with van der Waals surface area (Å²) in [5.74, 6) is -0.900. The molecular weight excluding hydrogens is 295 g/mol. The highest BCUT2D eigenvalue weighted by molar-refractivity contribution is 6.13. The Labute approximate surface area is 135 Å². The van der Waals surface area contributed by atoms with Crippen molar-refractivity contribution >= 4 is 17.5 Å². The standard InChI is InChI=1S/C18H23FN2O2/c19-13-6-5-9-15(12-13)21-17(23)18(10-11-18)16(22)20-14-7-3-1-2-4-8-14/h5-6,9,12,14H,1-4,7-8,10-11H2,(H,20,22)(H,21,23). The number of anilines is 1. The van der Waals surface area contributed by atoms with E-state index in [1.807, 2.05) is 0 Å². The van der Waals surface area contributed by atoms with Crippen LogP contribution < -0.4 is 10.6 Å². The van der Waals surface area contributed by atoms with E-state index in [9.17, 15) is 14.0 Å². The molecule has 0 bridgehead atoms. The van der Waals surface area contributed by atoms with Crippen molar-refractivity contribution in [2.75, 3.05) is 5.32 Å². The quantitative estimate of drug-likeness (QED) is 0.660. The van der Waals surface area contributed by atoms with Crippen LogP contribution in [0.4, 0.5) is 10.1 Å². The van der Waals surface area contributed by atoms with Crippen LogP contribution in [0.2, 0.25) is 0 Å². The summed E-state index contributed by atoms with van der Waals surface area (Å²) >= 11 is 0. The van der Waals surface area contributed by atoms with E-state index in [0.717, 1.165) is 25.7 Å². The number of carbonyl (C=O) groups excluding carboxylic acids is 2.